The first-order valence-corrected chi connectivity index (χ1v) is 5.78. The van der Waals surface area contributed by atoms with Crippen LogP contribution in [0.3, 0.4) is 0 Å². The molecule has 0 aliphatic rings. The fourth-order valence-electron chi connectivity index (χ4n) is 0.891. The minimum atomic E-state index is -4.66. The van der Waals surface area contributed by atoms with E-state index in [2.05, 4.69) is 15.9 Å². The Labute approximate surface area is 89.1 Å². The molecule has 0 atom stereocenters. The number of rotatable bonds is 1. The van der Waals surface area contributed by atoms with E-state index in [4.69, 9.17) is 11.6 Å². The third-order valence-electron chi connectivity index (χ3n) is 1.48. The van der Waals surface area contributed by atoms with E-state index in [1.165, 1.54) is 13.0 Å². The highest BCUT2D eigenvalue weighted by Crippen LogP contribution is 2.29. The van der Waals surface area contributed by atoms with Crippen LogP contribution in [0.25, 0.3) is 0 Å². The quantitative estimate of drug-likeness (QED) is 0.744. The number of hydrogen-bond acceptors (Lipinski definition) is 2. The maximum Gasteiger partial charge on any atom is 0.332 e. The fourth-order valence-corrected chi connectivity index (χ4v) is 2.31. The maximum absolute atomic E-state index is 12.6. The lowest BCUT2D eigenvalue weighted by Gasteiger charge is -2.02. The van der Waals surface area contributed by atoms with Crippen molar-refractivity contribution < 1.29 is 12.3 Å². The zero-order chi connectivity index (χ0) is 10.2. The van der Waals surface area contributed by atoms with Gasteiger partial charge in [-0.3, -0.25) is 0 Å². The van der Waals surface area contributed by atoms with Gasteiger partial charge in [0, 0.05) is 4.47 Å². The van der Waals surface area contributed by atoms with Crippen LogP contribution in [0, 0.1) is 6.92 Å². The number of hydrogen-bond donors (Lipinski definition) is 0. The molecule has 0 saturated carbocycles. The molecule has 6 heteroatoms. The first kappa shape index (κ1) is 10.9. The average molecular weight is 288 g/mol. The number of halogens is 3. The largest absolute Gasteiger partial charge is 0.332 e. The first-order valence-electron chi connectivity index (χ1n) is 3.22. The lowest BCUT2D eigenvalue weighted by Crippen LogP contribution is -1.95. The summed E-state index contributed by atoms with van der Waals surface area (Å²) in [6.07, 6.45) is 0. The van der Waals surface area contributed by atoms with E-state index in [0.29, 0.717) is 9.50 Å². The second kappa shape index (κ2) is 3.55. The van der Waals surface area contributed by atoms with Crippen molar-refractivity contribution in [3.8, 4) is 0 Å². The van der Waals surface area contributed by atoms with Crippen LogP contribution < -0.4 is 0 Å². The van der Waals surface area contributed by atoms with E-state index in [1.807, 2.05) is 0 Å². The predicted molar refractivity (Wildman–Crippen MR) is 52.2 cm³/mol. The van der Waals surface area contributed by atoms with Crippen LogP contribution in [0.15, 0.2) is 21.5 Å². The third-order valence-corrected chi connectivity index (χ3v) is 3.64. The Hall–Kier alpha value is -0.130. The van der Waals surface area contributed by atoms with Gasteiger partial charge >= 0.3 is 10.2 Å². The summed E-state index contributed by atoms with van der Waals surface area (Å²) in [5.41, 5.74) is 0.288. The van der Waals surface area contributed by atoms with Gasteiger partial charge in [-0.2, -0.15) is 8.42 Å². The summed E-state index contributed by atoms with van der Waals surface area (Å²) in [5.74, 6) is 0. The summed E-state index contributed by atoms with van der Waals surface area (Å²) in [6.45, 7) is 1.48. The van der Waals surface area contributed by atoms with Crippen molar-refractivity contribution in [1.82, 2.24) is 0 Å². The SMILES string of the molecule is Cc1cc(Cl)c(Br)cc1S(=O)(=O)F. The van der Waals surface area contributed by atoms with Crippen molar-refractivity contribution in [2.75, 3.05) is 0 Å². The van der Waals surface area contributed by atoms with Gasteiger partial charge in [0.2, 0.25) is 0 Å². The van der Waals surface area contributed by atoms with Gasteiger partial charge in [-0.05, 0) is 40.5 Å². The maximum atomic E-state index is 12.6. The molecule has 0 aromatic heterocycles. The zero-order valence-electron chi connectivity index (χ0n) is 6.51. The summed E-state index contributed by atoms with van der Waals surface area (Å²) in [7, 11) is -4.66. The predicted octanol–water partition coefficient (Wildman–Crippen LogP) is 3.07. The third kappa shape index (κ3) is 2.42. The Balaban J connectivity index is 3.50. The van der Waals surface area contributed by atoms with E-state index in [0.717, 1.165) is 6.07 Å². The van der Waals surface area contributed by atoms with Crippen LogP contribution in [0.4, 0.5) is 3.89 Å². The lowest BCUT2D eigenvalue weighted by atomic mass is 10.2. The van der Waals surface area contributed by atoms with Crippen molar-refractivity contribution in [3.05, 3.63) is 27.2 Å². The number of aryl methyl sites for hydroxylation is 1. The summed E-state index contributed by atoms with van der Waals surface area (Å²) < 4.78 is 34.1. The van der Waals surface area contributed by atoms with E-state index < -0.39 is 10.2 Å². The topological polar surface area (TPSA) is 34.1 Å². The van der Waals surface area contributed by atoms with Gasteiger partial charge in [0.1, 0.15) is 4.90 Å². The molecule has 1 rings (SSSR count). The molecule has 1 aromatic carbocycles. The van der Waals surface area contributed by atoms with Gasteiger partial charge in [0.15, 0.2) is 0 Å². The van der Waals surface area contributed by atoms with E-state index in [1.54, 1.807) is 0 Å². The molecule has 72 valence electrons. The first-order chi connectivity index (χ1) is 5.82. The highest BCUT2D eigenvalue weighted by Gasteiger charge is 2.16. The zero-order valence-corrected chi connectivity index (χ0v) is 9.67. The Kier molecular flexibility index (Phi) is 2.99. The van der Waals surface area contributed by atoms with Crippen LogP contribution in [0.5, 0.6) is 0 Å². The summed E-state index contributed by atoms with van der Waals surface area (Å²) in [5, 5.41) is 0.352. The highest BCUT2D eigenvalue weighted by atomic mass is 79.9. The molecule has 13 heavy (non-hydrogen) atoms. The van der Waals surface area contributed by atoms with Crippen molar-refractivity contribution in [3.63, 3.8) is 0 Å². The number of benzene rings is 1. The van der Waals surface area contributed by atoms with E-state index >= 15 is 0 Å². The van der Waals surface area contributed by atoms with Crippen LogP contribution >= 0.6 is 27.5 Å². The molecule has 1 aromatic rings. The molecule has 0 heterocycles. The van der Waals surface area contributed by atoms with Crippen molar-refractivity contribution >= 4 is 37.8 Å². The molecule has 0 aliphatic heterocycles. The van der Waals surface area contributed by atoms with Gasteiger partial charge in [-0.25, -0.2) is 0 Å². The molecule has 0 unspecified atom stereocenters. The van der Waals surface area contributed by atoms with Gasteiger partial charge < -0.3 is 0 Å². The molecule has 0 saturated heterocycles. The average Bonchev–Trinajstić information content (AvgIpc) is 1.94. The van der Waals surface area contributed by atoms with Crippen molar-refractivity contribution in [2.24, 2.45) is 0 Å². The smallest absolute Gasteiger partial charge is 0.189 e. The molecule has 0 amide bonds. The van der Waals surface area contributed by atoms with Crippen LogP contribution in [-0.2, 0) is 10.2 Å². The molecular formula is C7H5BrClFO2S. The Bertz CT molecular complexity index is 444. The Morgan fingerprint density at radius 1 is 1.46 bits per heavy atom. The van der Waals surface area contributed by atoms with Gasteiger partial charge in [-0.1, -0.05) is 11.6 Å². The van der Waals surface area contributed by atoms with Crippen molar-refractivity contribution in [2.45, 2.75) is 11.8 Å². The standard InChI is InChI=1S/C7H5BrClFO2S/c1-4-2-6(9)5(8)3-7(4)13(10,11)12/h2-3H,1H3. The van der Waals surface area contributed by atoms with Crippen molar-refractivity contribution in [1.29, 1.82) is 0 Å². The summed E-state index contributed by atoms with van der Waals surface area (Å²) >= 11 is 8.68. The van der Waals surface area contributed by atoms with Crippen LogP contribution in [-0.4, -0.2) is 8.42 Å². The van der Waals surface area contributed by atoms with Gasteiger partial charge in [-0.15, -0.1) is 3.89 Å². The normalized spacial score (nSPS) is 11.7. The molecule has 0 N–H and O–H groups in total. The second-order valence-electron chi connectivity index (χ2n) is 2.47. The van der Waals surface area contributed by atoms with Crippen LogP contribution in [0.1, 0.15) is 5.56 Å². The molecule has 0 fully saturated rings. The molecule has 0 radical (unpaired) electrons. The minimum Gasteiger partial charge on any atom is -0.189 e. The lowest BCUT2D eigenvalue weighted by molar-refractivity contribution is 0.551. The van der Waals surface area contributed by atoms with Gasteiger partial charge in [0.25, 0.3) is 0 Å². The summed E-state index contributed by atoms with van der Waals surface area (Å²) in [4.78, 5) is -0.358. The Morgan fingerprint density at radius 3 is 2.46 bits per heavy atom. The van der Waals surface area contributed by atoms with Crippen LogP contribution in [0.2, 0.25) is 5.02 Å². The molecule has 0 aliphatic carbocycles. The molecule has 2 nitrogen and oxygen atoms in total. The monoisotopic (exact) mass is 286 g/mol. The minimum absolute atomic E-state index is 0.288. The Morgan fingerprint density at radius 2 is 2.00 bits per heavy atom. The fraction of sp³-hybridized carbons (Fsp3) is 0.143. The highest BCUT2D eigenvalue weighted by molar-refractivity contribution is 9.10. The summed E-state index contributed by atoms with van der Waals surface area (Å²) in [6, 6.07) is 2.53. The van der Waals surface area contributed by atoms with E-state index in [-0.39, 0.29) is 10.5 Å². The molecule has 0 spiro atoms. The molecular weight excluding hydrogens is 282 g/mol. The van der Waals surface area contributed by atoms with Gasteiger partial charge in [0.05, 0.1) is 5.02 Å². The second-order valence-corrected chi connectivity index (χ2v) is 5.05. The van der Waals surface area contributed by atoms with E-state index in [9.17, 15) is 12.3 Å². The molecule has 0 bridgehead atoms.